The van der Waals surface area contributed by atoms with Crippen LogP contribution < -0.4 is 0 Å². The SMILES string of the molecule is [CH2-]Cc1[c-]c(C=O)ccc1.[U+2]. The van der Waals surface area contributed by atoms with E-state index in [-0.39, 0.29) is 31.1 Å². The smallest absolute Gasteiger partial charge is 0.355 e. The third-order valence-electron chi connectivity index (χ3n) is 1.27. The van der Waals surface area contributed by atoms with Gasteiger partial charge in [-0.25, -0.2) is 0 Å². The van der Waals surface area contributed by atoms with E-state index in [0.29, 0.717) is 12.0 Å². The molecule has 1 aromatic rings. The molecule has 0 radical (unpaired) electrons. The van der Waals surface area contributed by atoms with Crippen LogP contribution >= 0.6 is 0 Å². The summed E-state index contributed by atoms with van der Waals surface area (Å²) in [4.78, 5) is 10.2. The Bertz CT molecular complexity index is 233. The molecule has 0 amide bonds. The number of aldehydes is 1. The van der Waals surface area contributed by atoms with E-state index < -0.39 is 0 Å². The van der Waals surface area contributed by atoms with Crippen molar-refractivity contribution in [2.45, 2.75) is 6.42 Å². The molecule has 0 unspecified atom stereocenters. The maximum atomic E-state index is 10.2. The number of rotatable bonds is 2. The van der Waals surface area contributed by atoms with Crippen LogP contribution in [-0.2, 0) is 6.42 Å². The fraction of sp³-hybridized carbons (Fsp3) is 0.111. The normalized spacial score (nSPS) is 8.45. The van der Waals surface area contributed by atoms with Crippen LogP contribution in [0.5, 0.6) is 0 Å². The van der Waals surface area contributed by atoms with E-state index in [1.54, 1.807) is 6.07 Å². The molecule has 0 aliphatic heterocycles. The van der Waals surface area contributed by atoms with Crippen molar-refractivity contribution in [2.75, 3.05) is 0 Å². The van der Waals surface area contributed by atoms with Crippen molar-refractivity contribution < 1.29 is 35.9 Å². The first-order valence-corrected chi connectivity index (χ1v) is 3.12. The minimum absolute atomic E-state index is 0. The van der Waals surface area contributed by atoms with E-state index in [4.69, 9.17) is 0 Å². The Hall–Kier alpha value is -0.0581. The van der Waals surface area contributed by atoms with E-state index in [2.05, 4.69) is 13.0 Å². The fourth-order valence-electron chi connectivity index (χ4n) is 0.751. The van der Waals surface area contributed by atoms with Gasteiger partial charge in [0.15, 0.2) is 0 Å². The number of hydrogen-bond acceptors (Lipinski definition) is 1. The van der Waals surface area contributed by atoms with Crippen LogP contribution in [0.15, 0.2) is 18.2 Å². The van der Waals surface area contributed by atoms with E-state index in [1.165, 1.54) is 0 Å². The van der Waals surface area contributed by atoms with E-state index in [1.807, 2.05) is 12.1 Å². The quantitative estimate of drug-likeness (QED) is 0.572. The third-order valence-corrected chi connectivity index (χ3v) is 1.27. The molecule has 0 bridgehead atoms. The molecular formula is C9H8OU. The summed E-state index contributed by atoms with van der Waals surface area (Å²) in [6.45, 7) is 3.68. The van der Waals surface area contributed by atoms with Crippen molar-refractivity contribution in [1.29, 1.82) is 0 Å². The average Bonchev–Trinajstić information content (AvgIpc) is 2.05. The zero-order valence-electron chi connectivity index (χ0n) is 6.13. The Balaban J connectivity index is 0.000001000. The molecule has 11 heavy (non-hydrogen) atoms. The molecule has 0 saturated carbocycles. The maximum absolute atomic E-state index is 10.2. The van der Waals surface area contributed by atoms with Crippen LogP contribution in [0, 0.1) is 44.1 Å². The summed E-state index contributed by atoms with van der Waals surface area (Å²) in [5, 5.41) is 0. The molecular weight excluding hydrogens is 362 g/mol. The molecule has 1 rings (SSSR count). The van der Waals surface area contributed by atoms with Gasteiger partial charge in [0.2, 0.25) is 0 Å². The standard InChI is InChI=1S/C9H8O.U/c1-2-8-4-3-5-9(6-8)7-10;/h3-5,7H,1-2H2;/q-2;+2. The van der Waals surface area contributed by atoms with Gasteiger partial charge in [-0.05, 0) is 0 Å². The van der Waals surface area contributed by atoms with Gasteiger partial charge in [-0.15, -0.1) is 29.8 Å². The summed E-state index contributed by atoms with van der Waals surface area (Å²) < 4.78 is 0. The van der Waals surface area contributed by atoms with Crippen LogP contribution in [0.25, 0.3) is 0 Å². The van der Waals surface area contributed by atoms with Gasteiger partial charge in [0, 0.05) is 0 Å². The van der Waals surface area contributed by atoms with Gasteiger partial charge in [-0.3, -0.25) is 0 Å². The number of carbonyl (C=O) groups excluding carboxylic acids is 1. The Labute approximate surface area is 90.6 Å². The predicted octanol–water partition coefficient (Wildman–Crippen LogP) is 1.68. The topological polar surface area (TPSA) is 17.1 Å². The number of benzene rings is 1. The molecule has 2 heteroatoms. The van der Waals surface area contributed by atoms with Gasteiger partial charge in [0.1, 0.15) is 0 Å². The Kier molecular flexibility index (Phi) is 5.54. The second-order valence-electron chi connectivity index (χ2n) is 2.00. The number of hydrogen-bond donors (Lipinski definition) is 0. The summed E-state index contributed by atoms with van der Waals surface area (Å²) in [6.07, 6.45) is 1.47. The summed E-state index contributed by atoms with van der Waals surface area (Å²) in [5.41, 5.74) is 1.57. The molecule has 0 aromatic heterocycles. The van der Waals surface area contributed by atoms with Crippen LogP contribution in [0.1, 0.15) is 15.9 Å². The molecule has 0 fully saturated rings. The fourth-order valence-corrected chi connectivity index (χ4v) is 0.751. The van der Waals surface area contributed by atoms with E-state index in [9.17, 15) is 4.79 Å². The van der Waals surface area contributed by atoms with Crippen molar-refractivity contribution in [3.05, 3.63) is 42.3 Å². The molecule has 1 aromatic carbocycles. The van der Waals surface area contributed by atoms with Gasteiger partial charge in [0.25, 0.3) is 0 Å². The summed E-state index contributed by atoms with van der Waals surface area (Å²) in [7, 11) is 0. The van der Waals surface area contributed by atoms with Gasteiger partial charge in [0.05, 0.1) is 6.29 Å². The summed E-state index contributed by atoms with van der Waals surface area (Å²) in [6, 6.07) is 8.38. The minimum atomic E-state index is 0. The Morgan fingerprint density at radius 3 is 2.82 bits per heavy atom. The zero-order valence-corrected chi connectivity index (χ0v) is 10.3. The van der Waals surface area contributed by atoms with Crippen molar-refractivity contribution in [1.82, 2.24) is 0 Å². The largest absolute Gasteiger partial charge is 2.00 e. The minimum Gasteiger partial charge on any atom is -0.355 e. The van der Waals surface area contributed by atoms with Crippen LogP contribution in [0.2, 0.25) is 0 Å². The Morgan fingerprint density at radius 2 is 2.27 bits per heavy atom. The van der Waals surface area contributed by atoms with Crippen molar-refractivity contribution in [3.8, 4) is 0 Å². The molecule has 0 aliphatic carbocycles. The maximum Gasteiger partial charge on any atom is 2.00 e. The zero-order chi connectivity index (χ0) is 7.40. The predicted molar refractivity (Wildman–Crippen MR) is 39.7 cm³/mol. The summed E-state index contributed by atoms with van der Waals surface area (Å²) >= 11 is 0. The second-order valence-corrected chi connectivity index (χ2v) is 2.00. The molecule has 0 spiro atoms. The number of carbonyl (C=O) groups is 1. The first kappa shape index (κ1) is 10.9. The van der Waals surface area contributed by atoms with Crippen LogP contribution in [0.4, 0.5) is 0 Å². The van der Waals surface area contributed by atoms with Crippen molar-refractivity contribution >= 4 is 6.29 Å². The first-order valence-electron chi connectivity index (χ1n) is 3.12. The molecule has 54 valence electrons. The second kappa shape index (κ2) is 5.57. The van der Waals surface area contributed by atoms with Crippen LogP contribution in [-0.4, -0.2) is 6.29 Å². The van der Waals surface area contributed by atoms with E-state index >= 15 is 0 Å². The molecule has 1 nitrogen and oxygen atoms in total. The van der Waals surface area contributed by atoms with Gasteiger partial charge in [-0.1, -0.05) is 0 Å². The molecule has 0 atom stereocenters. The van der Waals surface area contributed by atoms with Crippen LogP contribution in [0.3, 0.4) is 0 Å². The molecule has 0 heterocycles. The third kappa shape index (κ3) is 3.23. The molecule has 0 aliphatic rings. The average molecular weight is 370 g/mol. The first-order chi connectivity index (χ1) is 4.86. The van der Waals surface area contributed by atoms with Crippen molar-refractivity contribution in [2.24, 2.45) is 0 Å². The Morgan fingerprint density at radius 1 is 1.55 bits per heavy atom. The van der Waals surface area contributed by atoms with Gasteiger partial charge < -0.3 is 11.7 Å². The molecule has 0 saturated heterocycles. The molecule has 0 N–H and O–H groups in total. The monoisotopic (exact) mass is 370 g/mol. The van der Waals surface area contributed by atoms with Gasteiger partial charge in [-0.2, -0.15) is 12.0 Å². The van der Waals surface area contributed by atoms with Gasteiger partial charge >= 0.3 is 31.1 Å². The van der Waals surface area contributed by atoms with E-state index in [0.717, 1.165) is 11.8 Å². The summed E-state index contributed by atoms with van der Waals surface area (Å²) in [5.74, 6) is 0. The van der Waals surface area contributed by atoms with Crippen molar-refractivity contribution in [3.63, 3.8) is 0 Å².